The van der Waals surface area contributed by atoms with Crippen LogP contribution in [0.1, 0.15) is 44.7 Å². The predicted octanol–water partition coefficient (Wildman–Crippen LogP) is 3.59. The van der Waals surface area contributed by atoms with E-state index in [1.165, 1.54) is 17.4 Å². The third kappa shape index (κ3) is 3.22. The topological polar surface area (TPSA) is 88.4 Å². The van der Waals surface area contributed by atoms with Crippen molar-refractivity contribution in [1.29, 1.82) is 0 Å². The molecule has 2 heterocycles. The summed E-state index contributed by atoms with van der Waals surface area (Å²) in [6.07, 6.45) is 2.72. The van der Waals surface area contributed by atoms with Gasteiger partial charge in [0.1, 0.15) is 10.6 Å². The second-order valence-electron chi connectivity index (χ2n) is 7.06. The van der Waals surface area contributed by atoms with E-state index in [9.17, 15) is 14.4 Å². The van der Waals surface area contributed by atoms with Crippen molar-refractivity contribution in [2.75, 3.05) is 12.4 Å². The Hall–Kier alpha value is -2.93. The lowest BCUT2D eigenvalue weighted by atomic mass is 9.88. The van der Waals surface area contributed by atoms with E-state index in [1.54, 1.807) is 31.3 Å². The molecule has 0 spiro atoms. The van der Waals surface area contributed by atoms with Gasteiger partial charge in [-0.15, -0.1) is 11.3 Å². The molecule has 1 aromatic carbocycles. The van der Waals surface area contributed by atoms with Gasteiger partial charge < -0.3 is 15.1 Å². The molecule has 0 saturated carbocycles. The SMILES string of the molecule is CNC(=O)c1c(NC(=O)c2cc(=O)c3ccccc3o2)sc2c1CC[C@H](C)C2. The summed E-state index contributed by atoms with van der Waals surface area (Å²) in [4.78, 5) is 38.7. The van der Waals surface area contributed by atoms with Crippen molar-refractivity contribution in [2.24, 2.45) is 5.92 Å². The minimum Gasteiger partial charge on any atom is -0.451 e. The fourth-order valence-corrected chi connectivity index (χ4v) is 4.99. The molecule has 28 heavy (non-hydrogen) atoms. The van der Waals surface area contributed by atoms with Gasteiger partial charge in [0.25, 0.3) is 11.8 Å². The number of thiophene rings is 1. The molecule has 7 heteroatoms. The summed E-state index contributed by atoms with van der Waals surface area (Å²) in [6.45, 7) is 2.18. The summed E-state index contributed by atoms with van der Waals surface area (Å²) in [5.74, 6) is -0.293. The van der Waals surface area contributed by atoms with Crippen molar-refractivity contribution < 1.29 is 14.0 Å². The van der Waals surface area contributed by atoms with Gasteiger partial charge >= 0.3 is 0 Å². The molecule has 2 amide bonds. The van der Waals surface area contributed by atoms with Crippen LogP contribution in [0, 0.1) is 5.92 Å². The smallest absolute Gasteiger partial charge is 0.292 e. The van der Waals surface area contributed by atoms with Gasteiger partial charge in [-0.1, -0.05) is 19.1 Å². The summed E-state index contributed by atoms with van der Waals surface area (Å²) < 4.78 is 5.61. The van der Waals surface area contributed by atoms with Crippen LogP contribution in [0.4, 0.5) is 5.00 Å². The zero-order valence-electron chi connectivity index (χ0n) is 15.6. The van der Waals surface area contributed by atoms with Crippen molar-refractivity contribution in [2.45, 2.75) is 26.2 Å². The van der Waals surface area contributed by atoms with Crippen LogP contribution in [0.2, 0.25) is 0 Å². The van der Waals surface area contributed by atoms with Crippen LogP contribution < -0.4 is 16.1 Å². The first-order valence-corrected chi connectivity index (χ1v) is 10.0. The van der Waals surface area contributed by atoms with Crippen LogP contribution in [-0.4, -0.2) is 18.9 Å². The lowest BCUT2D eigenvalue weighted by Gasteiger charge is -2.18. The minimum absolute atomic E-state index is 0.0775. The second-order valence-corrected chi connectivity index (χ2v) is 8.17. The van der Waals surface area contributed by atoms with E-state index in [0.29, 0.717) is 27.5 Å². The number of rotatable bonds is 3. The second kappa shape index (κ2) is 7.24. The number of anilines is 1. The van der Waals surface area contributed by atoms with E-state index in [2.05, 4.69) is 17.6 Å². The Morgan fingerprint density at radius 3 is 2.79 bits per heavy atom. The van der Waals surface area contributed by atoms with Crippen LogP contribution in [0.25, 0.3) is 11.0 Å². The van der Waals surface area contributed by atoms with Crippen LogP contribution in [0.5, 0.6) is 0 Å². The number of hydrogen-bond acceptors (Lipinski definition) is 5. The molecular formula is C21H20N2O4S. The minimum atomic E-state index is -0.542. The summed E-state index contributed by atoms with van der Waals surface area (Å²) in [6, 6.07) is 7.97. The Kier molecular flexibility index (Phi) is 4.77. The van der Waals surface area contributed by atoms with Gasteiger partial charge in [-0.25, -0.2) is 0 Å². The van der Waals surface area contributed by atoms with Gasteiger partial charge in [0.05, 0.1) is 10.9 Å². The highest BCUT2D eigenvalue weighted by Crippen LogP contribution is 2.39. The average molecular weight is 396 g/mol. The van der Waals surface area contributed by atoms with Gasteiger partial charge in [-0.2, -0.15) is 0 Å². The Bertz CT molecular complexity index is 1150. The normalized spacial score (nSPS) is 15.9. The number of nitrogens with one attached hydrogen (secondary N) is 2. The van der Waals surface area contributed by atoms with Gasteiger partial charge in [-0.05, 0) is 42.9 Å². The highest BCUT2D eigenvalue weighted by molar-refractivity contribution is 7.17. The van der Waals surface area contributed by atoms with E-state index in [-0.39, 0.29) is 17.1 Å². The van der Waals surface area contributed by atoms with Crippen molar-refractivity contribution in [3.63, 3.8) is 0 Å². The Morgan fingerprint density at radius 1 is 1.21 bits per heavy atom. The maximum atomic E-state index is 12.8. The van der Waals surface area contributed by atoms with Crippen molar-refractivity contribution in [3.8, 4) is 0 Å². The quantitative estimate of drug-likeness (QED) is 0.708. The van der Waals surface area contributed by atoms with Crippen LogP contribution in [0.3, 0.4) is 0 Å². The number of hydrogen-bond donors (Lipinski definition) is 2. The number of carbonyl (C=O) groups excluding carboxylic acids is 2. The monoisotopic (exact) mass is 396 g/mol. The molecule has 4 rings (SSSR count). The largest absolute Gasteiger partial charge is 0.451 e. The average Bonchev–Trinajstić information content (AvgIpc) is 3.04. The highest BCUT2D eigenvalue weighted by atomic mass is 32.1. The van der Waals surface area contributed by atoms with E-state index in [1.807, 2.05) is 0 Å². The van der Waals surface area contributed by atoms with Gasteiger partial charge in [0, 0.05) is 18.0 Å². The maximum Gasteiger partial charge on any atom is 0.292 e. The number of amides is 2. The van der Waals surface area contributed by atoms with E-state index in [0.717, 1.165) is 29.7 Å². The Balaban J connectivity index is 1.72. The zero-order chi connectivity index (χ0) is 19.8. The predicted molar refractivity (Wildman–Crippen MR) is 109 cm³/mol. The molecule has 0 radical (unpaired) electrons. The fourth-order valence-electron chi connectivity index (χ4n) is 3.58. The van der Waals surface area contributed by atoms with Crippen LogP contribution in [0.15, 0.2) is 39.5 Å². The molecule has 0 aliphatic heterocycles. The molecular weight excluding hydrogens is 376 g/mol. The first-order valence-electron chi connectivity index (χ1n) is 9.18. The number of benzene rings is 1. The Morgan fingerprint density at radius 2 is 2.00 bits per heavy atom. The number of fused-ring (bicyclic) bond motifs is 2. The van der Waals surface area contributed by atoms with Crippen molar-refractivity contribution in [3.05, 3.63) is 62.3 Å². The molecule has 3 aromatic rings. The molecule has 1 atom stereocenters. The molecule has 6 nitrogen and oxygen atoms in total. The molecule has 2 aromatic heterocycles. The third-order valence-corrected chi connectivity index (χ3v) is 6.22. The van der Waals surface area contributed by atoms with Gasteiger partial charge in [0.15, 0.2) is 11.2 Å². The summed E-state index contributed by atoms with van der Waals surface area (Å²) in [7, 11) is 1.58. The first kappa shape index (κ1) is 18.4. The summed E-state index contributed by atoms with van der Waals surface area (Å²) in [5.41, 5.74) is 1.60. The fraction of sp³-hybridized carbons (Fsp3) is 0.286. The van der Waals surface area contributed by atoms with E-state index < -0.39 is 5.91 Å². The first-order chi connectivity index (χ1) is 13.5. The molecule has 144 valence electrons. The standard InChI is InChI=1S/C21H20N2O4S/c1-11-7-8-13-17(9-11)28-21(18(13)20(26)22-2)23-19(25)16-10-14(24)12-5-3-4-6-15(12)27-16/h3-6,10-11H,7-9H2,1-2H3,(H,22,26)(H,23,25)/t11-/m0/s1. The van der Waals surface area contributed by atoms with Crippen LogP contribution in [-0.2, 0) is 12.8 Å². The third-order valence-electron chi connectivity index (χ3n) is 5.05. The number of para-hydroxylation sites is 1. The molecule has 0 bridgehead atoms. The van der Waals surface area contributed by atoms with Crippen molar-refractivity contribution in [1.82, 2.24) is 5.32 Å². The number of carbonyl (C=O) groups is 2. The zero-order valence-corrected chi connectivity index (χ0v) is 16.4. The van der Waals surface area contributed by atoms with E-state index in [4.69, 9.17) is 4.42 Å². The van der Waals surface area contributed by atoms with Gasteiger partial charge in [-0.3, -0.25) is 14.4 Å². The maximum absolute atomic E-state index is 12.8. The molecule has 0 fully saturated rings. The summed E-state index contributed by atoms with van der Waals surface area (Å²) in [5, 5.41) is 6.37. The molecule has 1 aliphatic rings. The lowest BCUT2D eigenvalue weighted by Crippen LogP contribution is -2.23. The summed E-state index contributed by atoms with van der Waals surface area (Å²) >= 11 is 1.43. The van der Waals surface area contributed by atoms with Gasteiger partial charge in [0.2, 0.25) is 0 Å². The molecule has 2 N–H and O–H groups in total. The molecule has 1 aliphatic carbocycles. The van der Waals surface area contributed by atoms with Crippen molar-refractivity contribution >= 4 is 39.1 Å². The molecule has 0 saturated heterocycles. The Labute approximate surface area is 165 Å². The molecule has 0 unspecified atom stereocenters. The highest BCUT2D eigenvalue weighted by Gasteiger charge is 2.28. The van der Waals surface area contributed by atoms with E-state index >= 15 is 0 Å². The lowest BCUT2D eigenvalue weighted by molar-refractivity contribution is 0.0963. The van der Waals surface area contributed by atoms with Crippen LogP contribution >= 0.6 is 11.3 Å².